The molecule has 150 valence electrons. The third-order valence-electron chi connectivity index (χ3n) is 5.66. The van der Waals surface area contributed by atoms with Crippen LogP contribution in [0.15, 0.2) is 47.6 Å². The molecule has 2 aromatic rings. The summed E-state index contributed by atoms with van der Waals surface area (Å²) < 4.78 is 39.4. The van der Waals surface area contributed by atoms with Gasteiger partial charge in [0.15, 0.2) is 0 Å². The maximum atomic E-state index is 13.0. The zero-order valence-corrected chi connectivity index (χ0v) is 17.1. The van der Waals surface area contributed by atoms with Crippen LogP contribution in [0.3, 0.4) is 0 Å². The average molecular weight is 403 g/mol. The number of hydrogen-bond acceptors (Lipinski definition) is 5. The van der Waals surface area contributed by atoms with Gasteiger partial charge in [0, 0.05) is 38.0 Å². The molecular weight excluding hydrogens is 376 g/mol. The molecule has 0 saturated carbocycles. The van der Waals surface area contributed by atoms with Gasteiger partial charge in [0.2, 0.25) is 10.0 Å². The first-order valence-electron chi connectivity index (χ1n) is 9.58. The van der Waals surface area contributed by atoms with Crippen LogP contribution in [-0.4, -0.2) is 49.6 Å². The van der Waals surface area contributed by atoms with Crippen molar-refractivity contribution in [3.63, 3.8) is 0 Å². The highest BCUT2D eigenvalue weighted by Crippen LogP contribution is 2.42. The van der Waals surface area contributed by atoms with Gasteiger partial charge in [-0.1, -0.05) is 6.07 Å². The standard InChI is InChI=1S/C21H26N2O4S/c1-16-9-17(2)11-20(10-16)28(24,25)23-14-21(15-23)19(5-8-27-21)13-26-12-18-3-6-22-7-4-18/h3-4,6-7,9-11,19H,5,8,12-15H2,1-2H3. The molecule has 6 nitrogen and oxygen atoms in total. The number of rotatable bonds is 6. The van der Waals surface area contributed by atoms with Gasteiger partial charge in [-0.25, -0.2) is 8.42 Å². The van der Waals surface area contributed by atoms with Crippen LogP contribution in [0.5, 0.6) is 0 Å². The fraction of sp³-hybridized carbons (Fsp3) is 0.476. The lowest BCUT2D eigenvalue weighted by atomic mass is 9.83. The van der Waals surface area contributed by atoms with Crippen LogP contribution in [-0.2, 0) is 26.1 Å². The summed E-state index contributed by atoms with van der Waals surface area (Å²) in [5, 5.41) is 0. The summed E-state index contributed by atoms with van der Waals surface area (Å²) in [5.74, 6) is 0.208. The minimum absolute atomic E-state index is 0.208. The van der Waals surface area contributed by atoms with Gasteiger partial charge in [0.05, 0.1) is 18.1 Å². The van der Waals surface area contributed by atoms with Crippen LogP contribution < -0.4 is 0 Å². The van der Waals surface area contributed by atoms with Gasteiger partial charge in [-0.15, -0.1) is 0 Å². The van der Waals surface area contributed by atoms with E-state index in [0.29, 0.717) is 37.8 Å². The quantitative estimate of drug-likeness (QED) is 0.743. The van der Waals surface area contributed by atoms with E-state index in [1.165, 1.54) is 4.31 Å². The Morgan fingerprint density at radius 2 is 1.86 bits per heavy atom. The molecule has 1 spiro atoms. The second-order valence-corrected chi connectivity index (χ2v) is 9.80. The number of sulfonamides is 1. The van der Waals surface area contributed by atoms with E-state index in [1.54, 1.807) is 24.5 Å². The van der Waals surface area contributed by atoms with E-state index in [-0.39, 0.29) is 5.92 Å². The van der Waals surface area contributed by atoms with E-state index in [1.807, 2.05) is 32.0 Å². The first kappa shape index (κ1) is 19.5. The number of ether oxygens (including phenoxy) is 2. The van der Waals surface area contributed by atoms with Crippen molar-refractivity contribution in [1.29, 1.82) is 0 Å². The van der Waals surface area contributed by atoms with Gasteiger partial charge in [-0.3, -0.25) is 4.98 Å². The Morgan fingerprint density at radius 3 is 2.54 bits per heavy atom. The van der Waals surface area contributed by atoms with E-state index in [0.717, 1.165) is 23.1 Å². The molecule has 0 aliphatic carbocycles. The largest absolute Gasteiger partial charge is 0.376 e. The highest BCUT2D eigenvalue weighted by atomic mass is 32.2. The van der Waals surface area contributed by atoms with Gasteiger partial charge in [-0.2, -0.15) is 4.31 Å². The molecule has 1 aromatic carbocycles. The number of aromatic nitrogens is 1. The van der Waals surface area contributed by atoms with Crippen molar-refractivity contribution in [3.8, 4) is 0 Å². The van der Waals surface area contributed by atoms with Crippen LogP contribution in [0.4, 0.5) is 0 Å². The lowest BCUT2D eigenvalue weighted by Gasteiger charge is -2.49. The molecule has 0 bridgehead atoms. The summed E-state index contributed by atoms with van der Waals surface area (Å²) in [7, 11) is -3.49. The molecule has 1 aromatic heterocycles. The molecule has 2 aliphatic heterocycles. The first-order chi connectivity index (χ1) is 13.4. The molecule has 7 heteroatoms. The van der Waals surface area contributed by atoms with Crippen molar-refractivity contribution in [2.24, 2.45) is 5.92 Å². The average Bonchev–Trinajstić information content (AvgIpc) is 3.04. The predicted molar refractivity (Wildman–Crippen MR) is 105 cm³/mol. The third-order valence-corrected chi connectivity index (χ3v) is 7.43. The van der Waals surface area contributed by atoms with Crippen molar-refractivity contribution in [2.75, 3.05) is 26.3 Å². The molecule has 28 heavy (non-hydrogen) atoms. The Labute approximate surface area is 166 Å². The zero-order valence-electron chi connectivity index (χ0n) is 16.3. The number of benzene rings is 1. The summed E-state index contributed by atoms with van der Waals surface area (Å²) in [6, 6.07) is 9.31. The van der Waals surface area contributed by atoms with Crippen LogP contribution >= 0.6 is 0 Å². The summed E-state index contributed by atoms with van der Waals surface area (Å²) in [6.45, 7) is 6.37. The van der Waals surface area contributed by atoms with Gasteiger partial charge in [0.25, 0.3) is 0 Å². The Kier molecular flexibility index (Phi) is 5.26. The van der Waals surface area contributed by atoms with Crippen LogP contribution in [0.1, 0.15) is 23.1 Å². The molecule has 0 amide bonds. The van der Waals surface area contributed by atoms with E-state index in [4.69, 9.17) is 9.47 Å². The van der Waals surface area contributed by atoms with E-state index < -0.39 is 15.6 Å². The highest BCUT2D eigenvalue weighted by molar-refractivity contribution is 7.89. The second kappa shape index (κ2) is 7.55. The molecule has 3 heterocycles. The Morgan fingerprint density at radius 1 is 1.18 bits per heavy atom. The van der Waals surface area contributed by atoms with Crippen molar-refractivity contribution in [1.82, 2.24) is 9.29 Å². The fourth-order valence-corrected chi connectivity index (χ4v) is 5.86. The topological polar surface area (TPSA) is 68.7 Å². The third kappa shape index (κ3) is 3.72. The van der Waals surface area contributed by atoms with Crippen molar-refractivity contribution in [2.45, 2.75) is 37.4 Å². The Bertz CT molecular complexity index is 920. The minimum Gasteiger partial charge on any atom is -0.376 e. The molecule has 2 fully saturated rings. The number of pyridine rings is 1. The van der Waals surface area contributed by atoms with Crippen molar-refractivity contribution in [3.05, 3.63) is 59.4 Å². The van der Waals surface area contributed by atoms with Gasteiger partial charge in [-0.05, 0) is 61.2 Å². The van der Waals surface area contributed by atoms with Gasteiger partial charge in [0.1, 0.15) is 5.60 Å². The molecular formula is C21H26N2O4S. The summed E-state index contributed by atoms with van der Waals surface area (Å²) >= 11 is 0. The van der Waals surface area contributed by atoms with E-state index in [9.17, 15) is 8.42 Å². The molecule has 0 N–H and O–H groups in total. The molecule has 0 radical (unpaired) electrons. The van der Waals surface area contributed by atoms with Gasteiger partial charge >= 0.3 is 0 Å². The van der Waals surface area contributed by atoms with E-state index >= 15 is 0 Å². The lowest BCUT2D eigenvalue weighted by Crippen LogP contribution is -2.66. The molecule has 1 atom stereocenters. The fourth-order valence-electron chi connectivity index (χ4n) is 4.12. The monoisotopic (exact) mass is 402 g/mol. The second-order valence-electron chi connectivity index (χ2n) is 7.87. The van der Waals surface area contributed by atoms with Crippen LogP contribution in [0, 0.1) is 19.8 Å². The SMILES string of the molecule is Cc1cc(C)cc(S(=O)(=O)N2CC3(C2)OCCC3COCc2ccncc2)c1. The first-order valence-corrected chi connectivity index (χ1v) is 11.0. The number of aryl methyl sites for hydroxylation is 2. The summed E-state index contributed by atoms with van der Waals surface area (Å²) in [6.07, 6.45) is 4.40. The van der Waals surface area contributed by atoms with Crippen molar-refractivity contribution < 1.29 is 17.9 Å². The Hall–Kier alpha value is -1.80. The molecule has 1 unspecified atom stereocenters. The Balaban J connectivity index is 1.39. The lowest BCUT2D eigenvalue weighted by molar-refractivity contribution is -0.115. The van der Waals surface area contributed by atoms with E-state index in [2.05, 4.69) is 4.98 Å². The summed E-state index contributed by atoms with van der Waals surface area (Å²) in [4.78, 5) is 4.37. The zero-order chi connectivity index (χ0) is 19.8. The minimum atomic E-state index is -3.49. The molecule has 4 rings (SSSR count). The van der Waals surface area contributed by atoms with Gasteiger partial charge < -0.3 is 9.47 Å². The maximum Gasteiger partial charge on any atom is 0.243 e. The smallest absolute Gasteiger partial charge is 0.243 e. The normalized spacial score (nSPS) is 21.7. The molecule has 2 aliphatic rings. The van der Waals surface area contributed by atoms with Crippen LogP contribution in [0.25, 0.3) is 0 Å². The highest BCUT2D eigenvalue weighted by Gasteiger charge is 2.56. The number of hydrogen-bond donors (Lipinski definition) is 0. The molecule has 2 saturated heterocycles. The van der Waals surface area contributed by atoms with Crippen LogP contribution in [0.2, 0.25) is 0 Å². The van der Waals surface area contributed by atoms with Crippen molar-refractivity contribution >= 4 is 10.0 Å². The summed E-state index contributed by atoms with van der Waals surface area (Å²) in [5.41, 5.74) is 2.57. The predicted octanol–water partition coefficient (Wildman–Crippen LogP) is 2.69. The maximum absolute atomic E-state index is 13.0. The number of nitrogens with zero attached hydrogens (tertiary/aromatic N) is 2.